The van der Waals surface area contributed by atoms with Crippen molar-refractivity contribution in [3.8, 4) is 0 Å². The molecular weight excluding hydrogens is 382 g/mol. The van der Waals surface area contributed by atoms with Crippen LogP contribution in [-0.4, -0.2) is 25.3 Å². The van der Waals surface area contributed by atoms with Crippen LogP contribution < -0.4 is 0 Å². The van der Waals surface area contributed by atoms with E-state index in [1.807, 2.05) is 19.9 Å². The van der Waals surface area contributed by atoms with Crippen LogP contribution in [0.15, 0.2) is 26.0 Å². The molecule has 0 spiro atoms. The van der Waals surface area contributed by atoms with Crippen molar-refractivity contribution >= 4 is 41.9 Å². The average molecular weight is 397 g/mol. The molecule has 0 aliphatic heterocycles. The maximum atomic E-state index is 12.6. The maximum absolute atomic E-state index is 12.6. The van der Waals surface area contributed by atoms with Crippen LogP contribution in [0, 0.1) is 6.92 Å². The van der Waals surface area contributed by atoms with Gasteiger partial charge >= 0.3 is 0 Å². The van der Waals surface area contributed by atoms with Gasteiger partial charge in [0.1, 0.15) is 0 Å². The highest BCUT2D eigenvalue weighted by atomic mass is 79.9. The zero-order valence-corrected chi connectivity index (χ0v) is 14.3. The number of halogens is 2. The summed E-state index contributed by atoms with van der Waals surface area (Å²) in [5.41, 5.74) is 1.01. The first-order chi connectivity index (χ1) is 8.37. The smallest absolute Gasteiger partial charge is 0.207 e. The number of aryl methyl sites for hydroxylation is 1. The van der Waals surface area contributed by atoms with Gasteiger partial charge in [0.25, 0.3) is 0 Å². The minimum Gasteiger partial charge on any atom is -0.207 e. The highest BCUT2D eigenvalue weighted by molar-refractivity contribution is 9.11. The Hall–Kier alpha value is 0.0900. The third-order valence-corrected chi connectivity index (χ3v) is 6.91. The summed E-state index contributed by atoms with van der Waals surface area (Å²) >= 11 is 6.75. The van der Waals surface area contributed by atoms with Crippen molar-refractivity contribution in [2.45, 2.75) is 37.6 Å². The van der Waals surface area contributed by atoms with Crippen LogP contribution in [0.4, 0.5) is 0 Å². The minimum atomic E-state index is -3.40. The highest BCUT2D eigenvalue weighted by Gasteiger charge is 2.37. The van der Waals surface area contributed by atoms with Crippen LogP contribution in [0.5, 0.6) is 0 Å². The molecule has 0 bridgehead atoms. The molecule has 0 saturated heterocycles. The summed E-state index contributed by atoms with van der Waals surface area (Å²) in [6.07, 6.45) is 1.94. The Morgan fingerprint density at radius 3 is 2.39 bits per heavy atom. The molecule has 0 radical (unpaired) electrons. The van der Waals surface area contributed by atoms with Gasteiger partial charge in [0.15, 0.2) is 0 Å². The Kier molecular flexibility index (Phi) is 4.21. The zero-order chi connectivity index (χ0) is 13.5. The van der Waals surface area contributed by atoms with Gasteiger partial charge in [0.05, 0.1) is 4.90 Å². The second kappa shape index (κ2) is 5.23. The molecule has 0 unspecified atom stereocenters. The lowest BCUT2D eigenvalue weighted by molar-refractivity contribution is 0.420. The molecule has 1 aromatic carbocycles. The highest BCUT2D eigenvalue weighted by Crippen LogP contribution is 2.36. The predicted molar refractivity (Wildman–Crippen MR) is 79.2 cm³/mol. The summed E-state index contributed by atoms with van der Waals surface area (Å²) < 4.78 is 28.2. The van der Waals surface area contributed by atoms with Gasteiger partial charge < -0.3 is 0 Å². The molecule has 0 N–H and O–H groups in total. The number of nitrogens with zero attached hydrogens (tertiary/aromatic N) is 1. The lowest BCUT2D eigenvalue weighted by Crippen LogP contribution is -2.33. The van der Waals surface area contributed by atoms with Crippen LogP contribution in [0.25, 0.3) is 0 Å². The van der Waals surface area contributed by atoms with E-state index in [1.165, 1.54) is 0 Å². The van der Waals surface area contributed by atoms with Gasteiger partial charge in [-0.25, -0.2) is 8.42 Å². The van der Waals surface area contributed by atoms with Gasteiger partial charge in [-0.1, -0.05) is 22.9 Å². The second-order valence-corrected chi connectivity index (χ2v) is 8.04. The summed E-state index contributed by atoms with van der Waals surface area (Å²) in [7, 11) is -3.40. The van der Waals surface area contributed by atoms with Crippen LogP contribution in [-0.2, 0) is 10.0 Å². The Morgan fingerprint density at radius 1 is 1.28 bits per heavy atom. The van der Waals surface area contributed by atoms with E-state index in [2.05, 4.69) is 31.9 Å². The fourth-order valence-corrected chi connectivity index (χ4v) is 5.27. The van der Waals surface area contributed by atoms with Crippen molar-refractivity contribution in [1.82, 2.24) is 4.31 Å². The molecule has 1 aromatic rings. The van der Waals surface area contributed by atoms with Crippen LogP contribution in [0.2, 0.25) is 0 Å². The lowest BCUT2D eigenvalue weighted by Gasteiger charge is -2.21. The number of sulfonamides is 1. The standard InChI is InChI=1S/C12H15Br2NO2S/c1-3-15(9-4-5-9)18(16,17)12-7-10(13)8(2)6-11(12)14/h6-7,9H,3-5H2,1-2H3. The van der Waals surface area contributed by atoms with E-state index in [0.717, 1.165) is 22.9 Å². The SMILES string of the molecule is CCN(C1CC1)S(=O)(=O)c1cc(Br)c(C)cc1Br. The molecule has 3 nitrogen and oxygen atoms in total. The molecule has 1 fully saturated rings. The summed E-state index contributed by atoms with van der Waals surface area (Å²) in [5, 5.41) is 0. The van der Waals surface area contributed by atoms with E-state index < -0.39 is 10.0 Å². The normalized spacial score (nSPS) is 16.3. The molecule has 6 heteroatoms. The minimum absolute atomic E-state index is 0.187. The first kappa shape index (κ1) is 14.5. The fourth-order valence-electron chi connectivity index (χ4n) is 1.94. The van der Waals surface area contributed by atoms with Crippen molar-refractivity contribution in [2.75, 3.05) is 6.54 Å². The molecule has 1 aliphatic carbocycles. The van der Waals surface area contributed by atoms with Gasteiger partial charge in [-0.05, 0) is 53.4 Å². The summed E-state index contributed by atoms with van der Waals surface area (Å²) in [6, 6.07) is 3.70. The quantitative estimate of drug-likeness (QED) is 0.778. The molecule has 0 aromatic heterocycles. The van der Waals surface area contributed by atoms with E-state index in [1.54, 1.807) is 10.4 Å². The van der Waals surface area contributed by atoms with Gasteiger partial charge in [-0.15, -0.1) is 0 Å². The van der Waals surface area contributed by atoms with Gasteiger partial charge in [0.2, 0.25) is 10.0 Å². The molecule has 18 heavy (non-hydrogen) atoms. The van der Waals surface area contributed by atoms with Gasteiger partial charge in [-0.2, -0.15) is 4.31 Å². The number of benzene rings is 1. The molecule has 1 saturated carbocycles. The number of hydrogen-bond donors (Lipinski definition) is 0. The third-order valence-electron chi connectivity index (χ3n) is 3.07. The van der Waals surface area contributed by atoms with Crippen molar-refractivity contribution in [3.05, 3.63) is 26.6 Å². The lowest BCUT2D eigenvalue weighted by atomic mass is 10.2. The monoisotopic (exact) mass is 395 g/mol. The molecule has 0 heterocycles. The molecule has 0 amide bonds. The summed E-state index contributed by atoms with van der Waals surface area (Å²) in [5.74, 6) is 0. The van der Waals surface area contributed by atoms with Crippen molar-refractivity contribution < 1.29 is 8.42 Å². The second-order valence-electron chi connectivity index (χ2n) is 4.47. The van der Waals surface area contributed by atoms with E-state index in [4.69, 9.17) is 0 Å². The van der Waals surface area contributed by atoms with E-state index in [-0.39, 0.29) is 6.04 Å². The Morgan fingerprint density at radius 2 is 1.89 bits per heavy atom. The Balaban J connectivity index is 2.49. The van der Waals surface area contributed by atoms with Gasteiger partial charge in [0, 0.05) is 21.5 Å². The Bertz CT molecular complexity index is 568. The van der Waals surface area contributed by atoms with E-state index >= 15 is 0 Å². The predicted octanol–water partition coefficient (Wildman–Crippen LogP) is 3.69. The largest absolute Gasteiger partial charge is 0.244 e. The molecule has 1 aliphatic rings. The zero-order valence-electron chi connectivity index (χ0n) is 10.3. The van der Waals surface area contributed by atoms with Crippen LogP contribution in [0.1, 0.15) is 25.3 Å². The Labute approximate surface area is 125 Å². The van der Waals surface area contributed by atoms with E-state index in [0.29, 0.717) is 15.9 Å². The summed E-state index contributed by atoms with van der Waals surface area (Å²) in [6.45, 7) is 4.33. The average Bonchev–Trinajstić information content (AvgIpc) is 3.08. The van der Waals surface area contributed by atoms with Crippen molar-refractivity contribution in [2.24, 2.45) is 0 Å². The van der Waals surface area contributed by atoms with Crippen molar-refractivity contribution in [1.29, 1.82) is 0 Å². The molecule has 100 valence electrons. The molecule has 0 atom stereocenters. The molecular formula is C12H15Br2NO2S. The van der Waals surface area contributed by atoms with Gasteiger partial charge in [-0.3, -0.25) is 0 Å². The molecule has 2 rings (SSSR count). The number of hydrogen-bond acceptors (Lipinski definition) is 2. The van der Waals surface area contributed by atoms with Crippen LogP contribution in [0.3, 0.4) is 0 Å². The summed E-state index contributed by atoms with van der Waals surface area (Å²) in [4.78, 5) is 0.341. The first-order valence-corrected chi connectivity index (χ1v) is 8.88. The number of rotatable bonds is 4. The van der Waals surface area contributed by atoms with Crippen LogP contribution >= 0.6 is 31.9 Å². The maximum Gasteiger partial charge on any atom is 0.244 e. The van der Waals surface area contributed by atoms with E-state index in [9.17, 15) is 8.42 Å². The topological polar surface area (TPSA) is 37.4 Å². The fraction of sp³-hybridized carbons (Fsp3) is 0.500. The first-order valence-electron chi connectivity index (χ1n) is 5.85. The van der Waals surface area contributed by atoms with Crippen molar-refractivity contribution in [3.63, 3.8) is 0 Å². The third kappa shape index (κ3) is 2.66.